The second-order valence-electron chi connectivity index (χ2n) is 7.01. The summed E-state index contributed by atoms with van der Waals surface area (Å²) in [5, 5.41) is 17.9. The lowest BCUT2D eigenvalue weighted by Gasteiger charge is -2.24. The van der Waals surface area contributed by atoms with Crippen molar-refractivity contribution in [2.45, 2.75) is 12.1 Å². The van der Waals surface area contributed by atoms with Crippen molar-refractivity contribution in [3.05, 3.63) is 53.5 Å². The van der Waals surface area contributed by atoms with Gasteiger partial charge in [-0.2, -0.15) is 0 Å². The lowest BCUT2D eigenvalue weighted by molar-refractivity contribution is -0.125. The minimum absolute atomic E-state index is 0.0745. The molecule has 1 saturated heterocycles. The lowest BCUT2D eigenvalue weighted by atomic mass is 9.96. The van der Waals surface area contributed by atoms with Crippen molar-refractivity contribution in [3.63, 3.8) is 0 Å². The number of fused-ring (bicyclic) bond motifs is 2. The van der Waals surface area contributed by atoms with E-state index in [0.717, 1.165) is 5.39 Å². The molecule has 1 aliphatic rings. The van der Waals surface area contributed by atoms with Crippen LogP contribution < -0.4 is 15.4 Å². The van der Waals surface area contributed by atoms with Gasteiger partial charge in [-0.1, -0.05) is 11.6 Å². The summed E-state index contributed by atoms with van der Waals surface area (Å²) >= 11 is 5.99. The third-order valence-corrected chi connectivity index (χ3v) is 5.38. The molecular formula is C20H15ClN4O5. The first-order chi connectivity index (χ1) is 14.4. The normalized spacial score (nSPS) is 18.7. The number of urea groups is 1. The largest absolute Gasteiger partial charge is 0.497 e. The zero-order valence-electron chi connectivity index (χ0n) is 15.6. The van der Waals surface area contributed by atoms with Crippen LogP contribution in [0.2, 0.25) is 5.02 Å². The molecule has 0 aliphatic carbocycles. The molecule has 3 aromatic heterocycles. The maximum absolute atomic E-state index is 12.9. The number of hydrogen-bond acceptors (Lipinski definition) is 6. The van der Waals surface area contributed by atoms with Crippen LogP contribution in [0.5, 0.6) is 11.6 Å². The fourth-order valence-electron chi connectivity index (χ4n) is 3.70. The highest BCUT2D eigenvalue weighted by Crippen LogP contribution is 2.36. The van der Waals surface area contributed by atoms with Gasteiger partial charge in [0.25, 0.3) is 5.91 Å². The third kappa shape index (κ3) is 2.66. The monoisotopic (exact) mass is 426 g/mol. The summed E-state index contributed by atoms with van der Waals surface area (Å²) in [6.45, 7) is -0.110. The number of imide groups is 1. The highest BCUT2D eigenvalue weighted by Gasteiger charge is 2.51. The van der Waals surface area contributed by atoms with Gasteiger partial charge >= 0.3 is 6.03 Å². The van der Waals surface area contributed by atoms with E-state index >= 15 is 0 Å². The molecule has 0 saturated carbocycles. The van der Waals surface area contributed by atoms with Crippen LogP contribution in [0.25, 0.3) is 21.9 Å². The Morgan fingerprint density at radius 1 is 1.27 bits per heavy atom. The van der Waals surface area contributed by atoms with E-state index in [1.165, 1.54) is 17.9 Å². The Morgan fingerprint density at radius 2 is 2.10 bits per heavy atom. The summed E-state index contributed by atoms with van der Waals surface area (Å²) < 4.78 is 12.5. The van der Waals surface area contributed by atoms with Gasteiger partial charge in [-0.25, -0.2) is 9.78 Å². The van der Waals surface area contributed by atoms with Gasteiger partial charge in [0.1, 0.15) is 11.5 Å². The Labute approximate surface area is 174 Å². The zero-order valence-corrected chi connectivity index (χ0v) is 16.4. The fourth-order valence-corrected chi connectivity index (χ4v) is 3.87. The van der Waals surface area contributed by atoms with Crippen LogP contribution in [-0.2, 0) is 16.9 Å². The van der Waals surface area contributed by atoms with E-state index in [2.05, 4.69) is 15.6 Å². The standard InChI is InChI=1S/C20H15ClN4O5/c1-29-13-3-2-10-8-25(17(26)14(10)6-13)9-20(18(27)23-19(28)24-20)15-5-11-4-12(21)7-22-16(11)30-15/h2-8,26H,9H2,1H3,(H2,23,24,27,28)/t20-/m0/s1. The van der Waals surface area contributed by atoms with Gasteiger partial charge in [0.05, 0.1) is 18.7 Å². The maximum atomic E-state index is 12.9. The number of aromatic hydroxyl groups is 1. The lowest BCUT2D eigenvalue weighted by Crippen LogP contribution is -2.47. The molecule has 0 unspecified atom stereocenters. The van der Waals surface area contributed by atoms with Gasteiger partial charge in [0.15, 0.2) is 11.4 Å². The number of pyridine rings is 1. The minimum Gasteiger partial charge on any atom is -0.497 e. The molecule has 9 nitrogen and oxygen atoms in total. The van der Waals surface area contributed by atoms with Gasteiger partial charge < -0.3 is 24.1 Å². The van der Waals surface area contributed by atoms with Crippen molar-refractivity contribution >= 4 is 45.4 Å². The summed E-state index contributed by atoms with van der Waals surface area (Å²) in [7, 11) is 1.53. The van der Waals surface area contributed by atoms with Gasteiger partial charge in [-0.15, -0.1) is 0 Å². The summed E-state index contributed by atoms with van der Waals surface area (Å²) in [6, 6.07) is 7.83. The Hall–Kier alpha value is -3.72. The fraction of sp³-hybridized carbons (Fsp3) is 0.150. The summed E-state index contributed by atoms with van der Waals surface area (Å²) in [5.41, 5.74) is -1.31. The van der Waals surface area contributed by atoms with E-state index < -0.39 is 17.5 Å². The number of hydrogen-bond donors (Lipinski definition) is 3. The van der Waals surface area contributed by atoms with Crippen LogP contribution in [0.3, 0.4) is 0 Å². The van der Waals surface area contributed by atoms with Gasteiger partial charge in [-0.05, 0) is 30.3 Å². The number of halogens is 1. The SMILES string of the molecule is COc1ccc2cn(C[C@@]3(c4cc5cc(Cl)cnc5o4)NC(=O)NC3=O)c(O)c2c1. The molecular weight excluding hydrogens is 412 g/mol. The predicted octanol–water partition coefficient (Wildman–Crippen LogP) is 2.88. The summed E-state index contributed by atoms with van der Waals surface area (Å²) in [5.74, 6) is 0.0738. The van der Waals surface area contributed by atoms with Crippen molar-refractivity contribution in [2.75, 3.05) is 7.11 Å². The molecule has 30 heavy (non-hydrogen) atoms. The number of ether oxygens (including phenoxy) is 1. The van der Waals surface area contributed by atoms with Crippen LogP contribution in [-0.4, -0.2) is 33.7 Å². The molecule has 3 amide bonds. The van der Waals surface area contributed by atoms with Gasteiger partial charge in [0.2, 0.25) is 5.71 Å². The van der Waals surface area contributed by atoms with E-state index in [1.807, 2.05) is 0 Å². The first kappa shape index (κ1) is 18.3. The molecule has 4 aromatic rings. The maximum Gasteiger partial charge on any atom is 0.322 e. The Bertz CT molecular complexity index is 1340. The molecule has 1 atom stereocenters. The van der Waals surface area contributed by atoms with E-state index in [4.69, 9.17) is 20.8 Å². The number of methoxy groups -OCH3 is 1. The van der Waals surface area contributed by atoms with Crippen LogP contribution in [0.1, 0.15) is 5.76 Å². The molecule has 0 radical (unpaired) electrons. The minimum atomic E-state index is -1.58. The van der Waals surface area contributed by atoms with Crippen LogP contribution in [0.4, 0.5) is 4.79 Å². The number of carbonyl (C=O) groups is 2. The molecule has 0 bridgehead atoms. The molecule has 1 aromatic carbocycles. The average molecular weight is 427 g/mol. The number of aromatic nitrogens is 2. The van der Waals surface area contributed by atoms with Crippen LogP contribution >= 0.6 is 11.6 Å². The molecule has 1 fully saturated rings. The number of benzene rings is 1. The second kappa shape index (κ2) is 6.39. The molecule has 1 aliphatic heterocycles. The van der Waals surface area contributed by atoms with E-state index in [-0.39, 0.29) is 23.9 Å². The van der Waals surface area contributed by atoms with Crippen molar-refractivity contribution < 1.29 is 23.8 Å². The van der Waals surface area contributed by atoms with E-state index in [1.54, 1.807) is 36.5 Å². The highest BCUT2D eigenvalue weighted by atomic mass is 35.5. The highest BCUT2D eigenvalue weighted by molar-refractivity contribution is 6.31. The molecule has 3 N–H and O–H groups in total. The second-order valence-corrected chi connectivity index (χ2v) is 7.44. The molecule has 0 spiro atoms. The number of nitrogens with one attached hydrogen (secondary N) is 2. The Morgan fingerprint density at radius 3 is 2.83 bits per heavy atom. The number of nitrogens with zero attached hydrogens (tertiary/aromatic N) is 2. The number of carbonyl (C=O) groups excluding carboxylic acids is 2. The predicted molar refractivity (Wildman–Crippen MR) is 108 cm³/mol. The molecule has 152 valence electrons. The van der Waals surface area contributed by atoms with Crippen molar-refractivity contribution in [2.24, 2.45) is 0 Å². The Balaban J connectivity index is 1.65. The third-order valence-electron chi connectivity index (χ3n) is 5.18. The van der Waals surface area contributed by atoms with Crippen molar-refractivity contribution in [3.8, 4) is 11.6 Å². The average Bonchev–Trinajstić information content (AvgIpc) is 3.36. The number of rotatable bonds is 4. The molecule has 4 heterocycles. The first-order valence-corrected chi connectivity index (χ1v) is 9.32. The summed E-state index contributed by atoms with van der Waals surface area (Å²) in [6.07, 6.45) is 3.11. The molecule has 5 rings (SSSR count). The first-order valence-electron chi connectivity index (χ1n) is 8.94. The summed E-state index contributed by atoms with van der Waals surface area (Å²) in [4.78, 5) is 29.0. The number of furan rings is 1. The number of amides is 3. The van der Waals surface area contributed by atoms with Crippen molar-refractivity contribution in [1.82, 2.24) is 20.2 Å². The van der Waals surface area contributed by atoms with Crippen LogP contribution in [0.15, 0.2) is 47.1 Å². The van der Waals surface area contributed by atoms with Crippen molar-refractivity contribution in [1.29, 1.82) is 0 Å². The molecule has 10 heteroatoms. The van der Waals surface area contributed by atoms with Gasteiger partial charge in [0, 0.05) is 28.6 Å². The Kier molecular flexibility index (Phi) is 3.90. The van der Waals surface area contributed by atoms with E-state index in [0.29, 0.717) is 21.5 Å². The quantitative estimate of drug-likeness (QED) is 0.432. The smallest absolute Gasteiger partial charge is 0.322 e. The zero-order chi connectivity index (χ0) is 21.0. The van der Waals surface area contributed by atoms with Gasteiger partial charge in [-0.3, -0.25) is 10.1 Å². The van der Waals surface area contributed by atoms with Crippen LogP contribution in [0, 0.1) is 0 Å². The topological polar surface area (TPSA) is 119 Å². The van der Waals surface area contributed by atoms with E-state index in [9.17, 15) is 14.7 Å².